The van der Waals surface area contributed by atoms with E-state index in [0.29, 0.717) is 5.69 Å². The molecule has 0 aliphatic rings. The van der Waals surface area contributed by atoms with Crippen molar-refractivity contribution < 1.29 is 18.1 Å². The van der Waals surface area contributed by atoms with Gasteiger partial charge in [-0.1, -0.05) is 17.7 Å². The Balaban J connectivity index is 2.40. The molecule has 2 rings (SSSR count). The zero-order valence-corrected chi connectivity index (χ0v) is 15.8. The first-order valence-electron chi connectivity index (χ1n) is 7.95. The largest absolute Gasteiger partial charge is 0.368 e. The summed E-state index contributed by atoms with van der Waals surface area (Å²) in [5, 5.41) is 13.9. The monoisotopic (exact) mass is 392 g/mol. The van der Waals surface area contributed by atoms with E-state index in [1.165, 1.54) is 19.1 Å². The first-order valence-corrected chi connectivity index (χ1v) is 9.44. The molecule has 0 aromatic heterocycles. The summed E-state index contributed by atoms with van der Waals surface area (Å²) in [6.45, 7) is 5.08. The SMILES string of the molecule is Cc1ccc(NS(=O)(=O)c2ccc(N[C@@H](C)C(N)=O)c([N+](=O)[O-])c2)c(C)c1. The van der Waals surface area contributed by atoms with E-state index in [-0.39, 0.29) is 10.6 Å². The normalized spacial score (nSPS) is 12.3. The maximum Gasteiger partial charge on any atom is 0.293 e. The van der Waals surface area contributed by atoms with Gasteiger partial charge in [-0.25, -0.2) is 8.42 Å². The van der Waals surface area contributed by atoms with E-state index in [4.69, 9.17) is 5.73 Å². The molecule has 4 N–H and O–H groups in total. The van der Waals surface area contributed by atoms with Gasteiger partial charge in [0.15, 0.2) is 0 Å². The molecule has 144 valence electrons. The fraction of sp³-hybridized carbons (Fsp3) is 0.235. The van der Waals surface area contributed by atoms with Gasteiger partial charge < -0.3 is 11.1 Å². The fourth-order valence-corrected chi connectivity index (χ4v) is 3.54. The van der Waals surface area contributed by atoms with Crippen molar-refractivity contribution in [1.82, 2.24) is 0 Å². The summed E-state index contributed by atoms with van der Waals surface area (Å²) in [4.78, 5) is 21.5. The lowest BCUT2D eigenvalue weighted by Crippen LogP contribution is -2.32. The lowest BCUT2D eigenvalue weighted by molar-refractivity contribution is -0.384. The van der Waals surface area contributed by atoms with Crippen LogP contribution in [0.25, 0.3) is 0 Å². The minimum absolute atomic E-state index is 0.00299. The van der Waals surface area contributed by atoms with E-state index in [2.05, 4.69) is 10.0 Å². The number of benzene rings is 2. The van der Waals surface area contributed by atoms with Crippen LogP contribution >= 0.6 is 0 Å². The highest BCUT2D eigenvalue weighted by Crippen LogP contribution is 2.29. The zero-order valence-electron chi connectivity index (χ0n) is 15.0. The molecular weight excluding hydrogens is 372 g/mol. The molecule has 0 fully saturated rings. The second-order valence-electron chi connectivity index (χ2n) is 6.13. The van der Waals surface area contributed by atoms with E-state index >= 15 is 0 Å². The maximum atomic E-state index is 12.6. The summed E-state index contributed by atoms with van der Waals surface area (Å²) in [7, 11) is -4.04. The predicted molar refractivity (Wildman–Crippen MR) is 102 cm³/mol. The van der Waals surface area contributed by atoms with Crippen molar-refractivity contribution in [2.75, 3.05) is 10.0 Å². The van der Waals surface area contributed by atoms with Gasteiger partial charge in [0.05, 0.1) is 15.5 Å². The molecule has 1 atom stereocenters. The van der Waals surface area contributed by atoms with E-state index in [0.717, 1.165) is 17.2 Å². The van der Waals surface area contributed by atoms with Crippen LogP contribution in [0, 0.1) is 24.0 Å². The highest BCUT2D eigenvalue weighted by molar-refractivity contribution is 7.92. The zero-order chi connectivity index (χ0) is 20.4. The molecule has 0 heterocycles. The number of aryl methyl sites for hydroxylation is 2. The number of primary amides is 1. The van der Waals surface area contributed by atoms with Gasteiger partial charge in [-0.15, -0.1) is 0 Å². The van der Waals surface area contributed by atoms with E-state index in [1.54, 1.807) is 19.1 Å². The van der Waals surface area contributed by atoms with Crippen LogP contribution in [0.3, 0.4) is 0 Å². The second kappa shape index (κ2) is 7.62. The fourth-order valence-electron chi connectivity index (χ4n) is 2.39. The van der Waals surface area contributed by atoms with Crippen LogP contribution in [0.1, 0.15) is 18.1 Å². The number of rotatable bonds is 7. The molecule has 0 aliphatic heterocycles. The number of nitrogens with zero attached hydrogens (tertiary/aromatic N) is 1. The van der Waals surface area contributed by atoms with Crippen molar-refractivity contribution in [3.8, 4) is 0 Å². The van der Waals surface area contributed by atoms with Gasteiger partial charge in [-0.3, -0.25) is 19.6 Å². The van der Waals surface area contributed by atoms with Crippen molar-refractivity contribution in [3.05, 3.63) is 57.6 Å². The number of nitro benzene ring substituents is 1. The van der Waals surface area contributed by atoms with Crippen LogP contribution in [0.5, 0.6) is 0 Å². The molecule has 0 radical (unpaired) electrons. The third-order valence-corrected chi connectivity index (χ3v) is 5.26. The lowest BCUT2D eigenvalue weighted by atomic mass is 10.1. The molecule has 10 heteroatoms. The van der Waals surface area contributed by atoms with Gasteiger partial charge in [0.25, 0.3) is 15.7 Å². The van der Waals surface area contributed by atoms with Crippen LogP contribution in [-0.4, -0.2) is 25.3 Å². The standard InChI is InChI=1S/C17H20N4O5S/c1-10-4-6-14(11(2)8-10)20-27(25,26)13-5-7-15(16(9-13)21(23)24)19-12(3)17(18)22/h4-9,12,19-20H,1-3H3,(H2,18,22)/t12-/m0/s1. The Labute approximate surface area is 156 Å². The van der Waals surface area contributed by atoms with Gasteiger partial charge in [0.2, 0.25) is 5.91 Å². The van der Waals surface area contributed by atoms with Gasteiger partial charge >= 0.3 is 0 Å². The highest BCUT2D eigenvalue weighted by atomic mass is 32.2. The van der Waals surface area contributed by atoms with Crippen LogP contribution < -0.4 is 15.8 Å². The summed E-state index contributed by atoms with van der Waals surface area (Å²) in [5.41, 5.74) is 6.74. The Hall–Kier alpha value is -3.14. The molecule has 2 aromatic rings. The molecular formula is C17H20N4O5S. The van der Waals surface area contributed by atoms with Crippen LogP contribution in [0.4, 0.5) is 17.1 Å². The van der Waals surface area contributed by atoms with Crippen molar-refractivity contribution in [2.24, 2.45) is 5.73 Å². The molecule has 0 saturated heterocycles. The van der Waals surface area contributed by atoms with Crippen LogP contribution in [-0.2, 0) is 14.8 Å². The topological polar surface area (TPSA) is 144 Å². The Kier molecular flexibility index (Phi) is 5.69. The predicted octanol–water partition coefficient (Wildman–Crippen LogP) is 2.30. The lowest BCUT2D eigenvalue weighted by Gasteiger charge is -2.14. The Morgan fingerprint density at radius 1 is 1.15 bits per heavy atom. The minimum atomic E-state index is -4.04. The van der Waals surface area contributed by atoms with E-state index < -0.39 is 32.6 Å². The molecule has 0 unspecified atom stereocenters. The number of hydrogen-bond acceptors (Lipinski definition) is 6. The number of anilines is 2. The number of amides is 1. The van der Waals surface area contributed by atoms with Gasteiger partial charge in [-0.05, 0) is 44.5 Å². The molecule has 0 bridgehead atoms. The second-order valence-corrected chi connectivity index (χ2v) is 7.81. The molecule has 9 nitrogen and oxygen atoms in total. The first kappa shape index (κ1) is 20.2. The maximum absolute atomic E-state index is 12.6. The molecule has 0 aliphatic carbocycles. The summed E-state index contributed by atoms with van der Waals surface area (Å²) < 4.78 is 27.7. The van der Waals surface area contributed by atoms with Crippen molar-refractivity contribution in [2.45, 2.75) is 31.7 Å². The Bertz CT molecular complexity index is 1000. The average molecular weight is 392 g/mol. The van der Waals surface area contributed by atoms with Gasteiger partial charge in [-0.2, -0.15) is 0 Å². The molecule has 2 aromatic carbocycles. The summed E-state index contributed by atoms with van der Waals surface area (Å²) in [6, 6.07) is 7.72. The highest BCUT2D eigenvalue weighted by Gasteiger charge is 2.23. The number of sulfonamides is 1. The van der Waals surface area contributed by atoms with Crippen molar-refractivity contribution in [3.63, 3.8) is 0 Å². The molecule has 1 amide bonds. The molecule has 0 spiro atoms. The van der Waals surface area contributed by atoms with Crippen molar-refractivity contribution in [1.29, 1.82) is 0 Å². The summed E-state index contributed by atoms with van der Waals surface area (Å²) in [5.74, 6) is -0.697. The number of nitro groups is 1. The van der Waals surface area contributed by atoms with Gasteiger partial charge in [0, 0.05) is 6.07 Å². The third kappa shape index (κ3) is 4.73. The quantitative estimate of drug-likeness (QED) is 0.487. The van der Waals surface area contributed by atoms with Crippen LogP contribution in [0.15, 0.2) is 41.3 Å². The first-order chi connectivity index (χ1) is 12.5. The number of carbonyl (C=O) groups excluding carboxylic acids is 1. The third-order valence-electron chi connectivity index (χ3n) is 3.90. The molecule has 0 saturated carbocycles. The average Bonchev–Trinajstić information content (AvgIpc) is 2.57. The number of hydrogen-bond donors (Lipinski definition) is 3. The smallest absolute Gasteiger partial charge is 0.293 e. The van der Waals surface area contributed by atoms with Crippen LogP contribution in [0.2, 0.25) is 0 Å². The Morgan fingerprint density at radius 2 is 1.78 bits per heavy atom. The minimum Gasteiger partial charge on any atom is -0.368 e. The summed E-state index contributed by atoms with van der Waals surface area (Å²) >= 11 is 0. The number of nitrogens with two attached hydrogens (primary N) is 1. The summed E-state index contributed by atoms with van der Waals surface area (Å²) in [6.07, 6.45) is 0. The number of nitrogens with one attached hydrogen (secondary N) is 2. The van der Waals surface area contributed by atoms with Gasteiger partial charge in [0.1, 0.15) is 11.7 Å². The Morgan fingerprint density at radius 3 is 2.33 bits per heavy atom. The van der Waals surface area contributed by atoms with E-state index in [9.17, 15) is 23.3 Å². The molecule has 27 heavy (non-hydrogen) atoms. The van der Waals surface area contributed by atoms with E-state index in [1.807, 2.05) is 13.0 Å². The number of carbonyl (C=O) groups is 1. The van der Waals surface area contributed by atoms with Crippen molar-refractivity contribution >= 4 is 33.0 Å².